The average molecular weight is 496 g/mol. The number of ether oxygens (including phenoxy) is 1. The quantitative estimate of drug-likeness (QED) is 0.509. The Kier molecular flexibility index (Phi) is 4.67. The maximum atomic E-state index is 14.3. The number of halogens is 3. The van der Waals surface area contributed by atoms with E-state index >= 15 is 0 Å². The fourth-order valence-corrected chi connectivity index (χ4v) is 6.77. The summed E-state index contributed by atoms with van der Waals surface area (Å²) in [5.74, 6) is -0.176. The van der Waals surface area contributed by atoms with Crippen molar-refractivity contribution >= 4 is 50.9 Å². The van der Waals surface area contributed by atoms with Gasteiger partial charge in [0.05, 0.1) is 11.3 Å². The van der Waals surface area contributed by atoms with Crippen molar-refractivity contribution in [2.75, 3.05) is 6.61 Å². The molecule has 2 saturated carbocycles. The van der Waals surface area contributed by atoms with Crippen molar-refractivity contribution in [3.63, 3.8) is 0 Å². The molecule has 6 nitrogen and oxygen atoms in total. The Hall–Kier alpha value is -1.06. The minimum atomic E-state index is -5.74. The van der Waals surface area contributed by atoms with Crippen LogP contribution in [0.2, 0.25) is 0 Å². The molecule has 4 rings (SSSR count). The van der Waals surface area contributed by atoms with Crippen LogP contribution >= 0.6 is 34.9 Å². The highest BCUT2D eigenvalue weighted by molar-refractivity contribution is 9.10. The molecule has 0 aliphatic heterocycles. The van der Waals surface area contributed by atoms with Gasteiger partial charge in [-0.05, 0) is 65.1 Å². The van der Waals surface area contributed by atoms with Crippen LogP contribution in [0.1, 0.15) is 40.9 Å². The summed E-state index contributed by atoms with van der Waals surface area (Å²) in [5.41, 5.74) is 1.53. The molecule has 0 bridgehead atoms. The maximum Gasteiger partial charge on any atom is 0.400 e. The summed E-state index contributed by atoms with van der Waals surface area (Å²) in [4.78, 5) is 29.0. The van der Waals surface area contributed by atoms with Crippen LogP contribution in [-0.4, -0.2) is 22.3 Å². The number of rotatable bonds is 6. The van der Waals surface area contributed by atoms with Gasteiger partial charge in [0.1, 0.15) is 10.6 Å². The molecular formula is C17H17BrF2NO5PS. The number of carbonyl (C=O) groups is 1. The molecule has 0 radical (unpaired) electrons. The van der Waals surface area contributed by atoms with Crippen molar-refractivity contribution in [2.24, 2.45) is 17.1 Å². The molecule has 11 heteroatoms. The van der Waals surface area contributed by atoms with E-state index < -0.39 is 24.0 Å². The van der Waals surface area contributed by atoms with Crippen LogP contribution in [0.5, 0.6) is 5.75 Å². The van der Waals surface area contributed by atoms with Crippen molar-refractivity contribution in [1.82, 2.24) is 0 Å². The summed E-state index contributed by atoms with van der Waals surface area (Å²) in [7, 11) is -5.74. The van der Waals surface area contributed by atoms with Gasteiger partial charge in [-0.25, -0.2) is 0 Å². The van der Waals surface area contributed by atoms with E-state index in [1.807, 2.05) is 0 Å². The second kappa shape index (κ2) is 6.47. The molecule has 4 N–H and O–H groups in total. The number of hydrogen-bond donors (Lipinski definition) is 3. The van der Waals surface area contributed by atoms with E-state index in [4.69, 9.17) is 20.3 Å². The normalized spacial score (nSPS) is 19.0. The van der Waals surface area contributed by atoms with Crippen LogP contribution < -0.4 is 10.5 Å². The van der Waals surface area contributed by atoms with Gasteiger partial charge in [0.15, 0.2) is 0 Å². The molecule has 1 heterocycles. The first-order valence-corrected chi connectivity index (χ1v) is 11.8. The molecule has 2 aliphatic rings. The molecule has 2 aliphatic carbocycles. The van der Waals surface area contributed by atoms with Gasteiger partial charge >= 0.3 is 13.3 Å². The monoisotopic (exact) mass is 495 g/mol. The molecular weight excluding hydrogens is 479 g/mol. The van der Waals surface area contributed by atoms with E-state index in [-0.39, 0.29) is 25.9 Å². The molecule has 0 saturated heterocycles. The van der Waals surface area contributed by atoms with Crippen molar-refractivity contribution in [2.45, 2.75) is 31.3 Å². The molecule has 0 unspecified atom stereocenters. The highest BCUT2D eigenvalue weighted by Crippen LogP contribution is 2.64. The van der Waals surface area contributed by atoms with Crippen molar-refractivity contribution < 1.29 is 32.7 Å². The van der Waals surface area contributed by atoms with Crippen molar-refractivity contribution in [3.8, 4) is 5.75 Å². The lowest BCUT2D eigenvalue weighted by Gasteiger charge is -2.35. The zero-order valence-corrected chi connectivity index (χ0v) is 17.8. The second-order valence-corrected chi connectivity index (χ2v) is 11.1. The molecule has 2 aromatic rings. The van der Waals surface area contributed by atoms with Gasteiger partial charge in [0.25, 0.3) is 0 Å². The predicted octanol–water partition coefficient (Wildman–Crippen LogP) is 4.56. The van der Waals surface area contributed by atoms with E-state index in [1.165, 1.54) is 25.0 Å². The number of carbonyl (C=O) groups excluding carboxylic acids is 1. The minimum Gasteiger partial charge on any atom is -0.492 e. The lowest BCUT2D eigenvalue weighted by Crippen LogP contribution is -2.29. The molecule has 1 amide bonds. The average Bonchev–Trinajstić information content (AvgIpc) is 3.28. The molecule has 152 valence electrons. The lowest BCUT2D eigenvalue weighted by atomic mass is 9.72. The Bertz CT molecular complexity index is 1020. The van der Waals surface area contributed by atoms with Gasteiger partial charge in [-0.3, -0.25) is 9.36 Å². The van der Waals surface area contributed by atoms with Gasteiger partial charge < -0.3 is 20.3 Å². The summed E-state index contributed by atoms with van der Waals surface area (Å²) >= 11 is 3.53. The fraction of sp³-hybridized carbons (Fsp3) is 0.471. The number of amides is 1. The third-order valence-electron chi connectivity index (χ3n) is 5.49. The van der Waals surface area contributed by atoms with Crippen LogP contribution in [-0.2, 0) is 10.2 Å². The van der Waals surface area contributed by atoms with Gasteiger partial charge in [0, 0.05) is 15.4 Å². The zero-order valence-electron chi connectivity index (χ0n) is 14.5. The molecule has 2 fully saturated rings. The van der Waals surface area contributed by atoms with E-state index in [9.17, 15) is 18.1 Å². The molecule has 28 heavy (non-hydrogen) atoms. The first kappa shape index (κ1) is 20.2. The number of thiophene rings is 1. The van der Waals surface area contributed by atoms with E-state index in [1.54, 1.807) is 0 Å². The maximum absolute atomic E-state index is 14.3. The van der Waals surface area contributed by atoms with Gasteiger partial charge in [-0.15, -0.1) is 11.3 Å². The second-order valence-electron chi connectivity index (χ2n) is 7.63. The zero-order chi connectivity index (χ0) is 20.5. The van der Waals surface area contributed by atoms with Crippen LogP contribution in [0.4, 0.5) is 8.78 Å². The predicted molar refractivity (Wildman–Crippen MR) is 104 cm³/mol. The smallest absolute Gasteiger partial charge is 0.400 e. The molecule has 1 spiro atoms. The van der Waals surface area contributed by atoms with E-state index in [0.717, 1.165) is 12.8 Å². The largest absolute Gasteiger partial charge is 0.492 e. The summed E-state index contributed by atoms with van der Waals surface area (Å²) in [6.45, 7) is 0.388. The Morgan fingerprint density at radius 2 is 2.04 bits per heavy atom. The van der Waals surface area contributed by atoms with Gasteiger partial charge in [-0.2, -0.15) is 8.78 Å². The van der Waals surface area contributed by atoms with E-state index in [0.29, 0.717) is 29.3 Å². The summed E-state index contributed by atoms with van der Waals surface area (Å²) in [6.07, 6.45) is 4.62. The number of hydrogen-bond acceptors (Lipinski definition) is 4. The summed E-state index contributed by atoms with van der Waals surface area (Å²) < 4.78 is 45.8. The number of nitrogens with two attached hydrogens (primary N) is 1. The minimum absolute atomic E-state index is 0.0688. The topological polar surface area (TPSA) is 110 Å². The third kappa shape index (κ3) is 3.29. The highest BCUT2D eigenvalue weighted by atomic mass is 79.9. The van der Waals surface area contributed by atoms with E-state index in [2.05, 4.69) is 15.9 Å². The molecule has 0 atom stereocenters. The number of fused-ring (bicyclic) bond motifs is 1. The van der Waals surface area contributed by atoms with Crippen molar-refractivity contribution in [3.05, 3.63) is 27.0 Å². The number of alkyl halides is 2. The summed E-state index contributed by atoms with van der Waals surface area (Å²) in [6, 6.07) is 2.70. The molecule has 1 aromatic carbocycles. The highest BCUT2D eigenvalue weighted by Gasteiger charge is 2.54. The first-order chi connectivity index (χ1) is 12.9. The number of benzene rings is 1. The SMILES string of the molecule is NC(=O)c1cc(OCC2CC3(CC3)C2)c2sc(C(F)(F)P(=O)(O)O)c(Br)c2c1. The van der Waals surface area contributed by atoms with Crippen LogP contribution in [0.25, 0.3) is 10.1 Å². The van der Waals surface area contributed by atoms with Gasteiger partial charge in [0.2, 0.25) is 5.91 Å². The molecule has 1 aromatic heterocycles. The fourth-order valence-electron chi connectivity index (χ4n) is 3.79. The summed E-state index contributed by atoms with van der Waals surface area (Å²) in [5, 5.41) is 0.201. The van der Waals surface area contributed by atoms with Gasteiger partial charge in [-0.1, -0.05) is 0 Å². The Morgan fingerprint density at radius 1 is 1.39 bits per heavy atom. The third-order valence-corrected chi connectivity index (χ3v) is 8.98. The Labute approximate surface area is 171 Å². The Morgan fingerprint density at radius 3 is 2.57 bits per heavy atom. The Balaban J connectivity index is 1.73. The number of primary amides is 1. The van der Waals surface area contributed by atoms with Crippen LogP contribution in [0.3, 0.4) is 0 Å². The first-order valence-electron chi connectivity index (χ1n) is 8.56. The lowest BCUT2D eigenvalue weighted by molar-refractivity contribution is 0.0595. The standard InChI is InChI=1S/C17H17BrF2NO5PS/c18-12-10-3-9(15(21)22)4-11(26-7-8-5-16(6-8)1-2-16)13(10)28-14(12)17(19,20)27(23,24)25/h3-4,8H,1-2,5-7H2,(H2,21,22)(H2,23,24,25). The van der Waals surface area contributed by atoms with Crippen LogP contribution in [0, 0.1) is 11.3 Å². The van der Waals surface area contributed by atoms with Crippen LogP contribution in [0.15, 0.2) is 16.6 Å². The van der Waals surface area contributed by atoms with Crippen molar-refractivity contribution in [1.29, 1.82) is 0 Å².